The number of hydrogen-bond acceptors (Lipinski definition) is 3. The van der Waals surface area contributed by atoms with Crippen molar-refractivity contribution in [3.05, 3.63) is 59.7 Å². The van der Waals surface area contributed by atoms with Gasteiger partial charge in [0, 0.05) is 5.56 Å². The van der Waals surface area contributed by atoms with Gasteiger partial charge in [0.05, 0.1) is 18.8 Å². The number of hydrogen-bond donors (Lipinski definition) is 0. The zero-order valence-corrected chi connectivity index (χ0v) is 25.9. The van der Waals surface area contributed by atoms with Gasteiger partial charge < -0.3 is 9.47 Å². The Hall–Kier alpha value is -2.29. The second-order valence-corrected chi connectivity index (χ2v) is 11.4. The number of ketones is 1. The summed E-state index contributed by atoms with van der Waals surface area (Å²) in [5.41, 5.74) is 1.27. The highest BCUT2D eigenvalue weighted by molar-refractivity contribution is 6.11. The lowest BCUT2D eigenvalue weighted by atomic mass is 10.0. The molecule has 0 aromatic heterocycles. The largest absolute Gasteiger partial charge is 0.490 e. The number of carbonyl (C=O) groups is 1. The normalized spacial score (nSPS) is 11.1. The molecule has 0 unspecified atom stereocenters. The van der Waals surface area contributed by atoms with Crippen LogP contribution in [0.5, 0.6) is 11.5 Å². The third-order valence-electron chi connectivity index (χ3n) is 7.76. The third-order valence-corrected chi connectivity index (χ3v) is 7.76. The van der Waals surface area contributed by atoms with E-state index in [4.69, 9.17) is 9.47 Å². The van der Waals surface area contributed by atoms with E-state index in [0.717, 1.165) is 12.8 Å². The fraction of sp³-hybridized carbons (Fsp3) is 0.649. The van der Waals surface area contributed by atoms with E-state index in [1.54, 1.807) is 0 Å². The Labute approximate surface area is 246 Å². The molecule has 0 fully saturated rings. The minimum atomic E-state index is -0.0111. The van der Waals surface area contributed by atoms with E-state index in [-0.39, 0.29) is 5.78 Å². The first kappa shape index (κ1) is 33.9. The number of benzene rings is 2. The monoisotopic (exact) mass is 550 g/mol. The van der Waals surface area contributed by atoms with Gasteiger partial charge in [-0.1, -0.05) is 166 Å². The molecule has 3 nitrogen and oxygen atoms in total. The van der Waals surface area contributed by atoms with Crippen LogP contribution in [0.15, 0.2) is 48.5 Å². The van der Waals surface area contributed by atoms with E-state index < -0.39 is 0 Å². The van der Waals surface area contributed by atoms with Gasteiger partial charge in [-0.3, -0.25) is 4.79 Å². The van der Waals surface area contributed by atoms with Crippen molar-refractivity contribution in [1.82, 2.24) is 0 Å². The maximum atomic E-state index is 13.3. The zero-order chi connectivity index (χ0) is 28.5. The van der Waals surface area contributed by atoms with Gasteiger partial charge in [0.1, 0.15) is 0 Å². The van der Waals surface area contributed by atoms with Gasteiger partial charge in [-0.05, 0) is 25.0 Å². The summed E-state index contributed by atoms with van der Waals surface area (Å²) in [6.07, 6.45) is 25.9. The summed E-state index contributed by atoms with van der Waals surface area (Å²) in [5.74, 6) is 1.30. The molecule has 0 spiro atoms. The molecule has 3 heteroatoms. The average molecular weight is 551 g/mol. The van der Waals surface area contributed by atoms with Crippen LogP contribution in [0.25, 0.3) is 0 Å². The molecule has 2 aromatic rings. The lowest BCUT2D eigenvalue weighted by molar-refractivity contribution is 0.103. The first-order valence-corrected chi connectivity index (χ1v) is 16.8. The molecule has 0 aliphatic rings. The highest BCUT2D eigenvalue weighted by Crippen LogP contribution is 2.33. The van der Waals surface area contributed by atoms with Crippen LogP contribution in [0.1, 0.15) is 158 Å². The summed E-state index contributed by atoms with van der Waals surface area (Å²) in [5, 5.41) is 0. The Morgan fingerprint density at radius 3 is 1.45 bits per heavy atom. The molecular weight excluding hydrogens is 492 g/mol. The summed E-state index contributed by atoms with van der Waals surface area (Å²) in [7, 11) is 0. The molecule has 0 heterocycles. The van der Waals surface area contributed by atoms with E-state index in [0.29, 0.717) is 35.8 Å². The third kappa shape index (κ3) is 14.9. The molecule has 224 valence electrons. The first-order chi connectivity index (χ1) is 19.8. The summed E-state index contributed by atoms with van der Waals surface area (Å²) >= 11 is 0. The SMILES string of the molecule is CCCCCCCCCCCCOc1cccc(C(=O)c2ccccc2)c1OCCCCCCCCCCCC. The van der Waals surface area contributed by atoms with E-state index >= 15 is 0 Å². The van der Waals surface area contributed by atoms with Gasteiger partial charge in [-0.15, -0.1) is 0 Å². The van der Waals surface area contributed by atoms with Gasteiger partial charge in [-0.25, -0.2) is 0 Å². The predicted molar refractivity (Wildman–Crippen MR) is 171 cm³/mol. The molecule has 0 aliphatic heterocycles. The highest BCUT2D eigenvalue weighted by Gasteiger charge is 2.19. The Morgan fingerprint density at radius 1 is 0.500 bits per heavy atom. The van der Waals surface area contributed by atoms with Crippen LogP contribution in [0, 0.1) is 0 Å². The minimum absolute atomic E-state index is 0.0111. The second kappa shape index (κ2) is 23.4. The Bertz CT molecular complexity index is 876. The Balaban J connectivity index is 1.80. The van der Waals surface area contributed by atoms with E-state index in [9.17, 15) is 4.79 Å². The Morgan fingerprint density at radius 2 is 0.950 bits per heavy atom. The maximum absolute atomic E-state index is 13.3. The zero-order valence-electron chi connectivity index (χ0n) is 25.9. The molecule has 0 N–H and O–H groups in total. The maximum Gasteiger partial charge on any atom is 0.196 e. The van der Waals surface area contributed by atoms with E-state index in [1.807, 2.05) is 48.5 Å². The first-order valence-electron chi connectivity index (χ1n) is 16.8. The predicted octanol–water partition coefficient (Wildman–Crippen LogP) is 11.5. The second-order valence-electron chi connectivity index (χ2n) is 11.4. The van der Waals surface area contributed by atoms with Crippen molar-refractivity contribution in [2.75, 3.05) is 13.2 Å². The smallest absolute Gasteiger partial charge is 0.196 e. The highest BCUT2D eigenvalue weighted by atomic mass is 16.5. The van der Waals surface area contributed by atoms with Gasteiger partial charge in [0.15, 0.2) is 17.3 Å². The van der Waals surface area contributed by atoms with Gasteiger partial charge >= 0.3 is 0 Å². The van der Waals surface area contributed by atoms with Crippen LogP contribution < -0.4 is 9.47 Å². The van der Waals surface area contributed by atoms with Crippen molar-refractivity contribution in [2.24, 2.45) is 0 Å². The summed E-state index contributed by atoms with van der Waals surface area (Å²) in [4.78, 5) is 13.3. The Kier molecular flexibility index (Phi) is 19.9. The van der Waals surface area contributed by atoms with Crippen LogP contribution in [0.4, 0.5) is 0 Å². The van der Waals surface area contributed by atoms with Gasteiger partial charge in [0.2, 0.25) is 0 Å². The molecule has 0 radical (unpaired) electrons. The van der Waals surface area contributed by atoms with Crippen LogP contribution in [-0.4, -0.2) is 19.0 Å². The number of para-hydroxylation sites is 1. The number of ether oxygens (including phenoxy) is 2. The standard InChI is InChI=1S/C37H58O3/c1-3-5-7-9-11-13-15-17-19-24-31-39-35-30-26-29-34(36(38)33-27-22-21-23-28-33)37(35)40-32-25-20-18-16-14-12-10-8-6-4-2/h21-23,26-30H,3-20,24-25,31-32H2,1-2H3. The molecule has 0 bridgehead atoms. The number of rotatable bonds is 26. The molecule has 40 heavy (non-hydrogen) atoms. The minimum Gasteiger partial charge on any atom is -0.490 e. The van der Waals surface area contributed by atoms with Crippen LogP contribution in [-0.2, 0) is 0 Å². The lowest BCUT2D eigenvalue weighted by Gasteiger charge is -2.16. The quantitative estimate of drug-likeness (QED) is 0.0863. The molecule has 2 rings (SSSR count). The molecule has 0 aliphatic carbocycles. The van der Waals surface area contributed by atoms with Crippen molar-refractivity contribution in [3.63, 3.8) is 0 Å². The average Bonchev–Trinajstić information content (AvgIpc) is 2.99. The van der Waals surface area contributed by atoms with E-state index in [2.05, 4.69) is 13.8 Å². The van der Waals surface area contributed by atoms with Crippen molar-refractivity contribution in [3.8, 4) is 11.5 Å². The molecule has 0 atom stereocenters. The van der Waals surface area contributed by atoms with E-state index in [1.165, 1.54) is 116 Å². The summed E-state index contributed by atoms with van der Waals surface area (Å²) in [6.45, 7) is 5.82. The topological polar surface area (TPSA) is 35.5 Å². The van der Waals surface area contributed by atoms with Crippen molar-refractivity contribution in [2.45, 2.75) is 142 Å². The van der Waals surface area contributed by atoms with Crippen LogP contribution in [0.3, 0.4) is 0 Å². The lowest BCUT2D eigenvalue weighted by Crippen LogP contribution is -2.09. The van der Waals surface area contributed by atoms with Crippen LogP contribution in [0.2, 0.25) is 0 Å². The number of carbonyl (C=O) groups excluding carboxylic acids is 1. The van der Waals surface area contributed by atoms with Gasteiger partial charge in [0.25, 0.3) is 0 Å². The van der Waals surface area contributed by atoms with Crippen molar-refractivity contribution in [1.29, 1.82) is 0 Å². The molecule has 0 saturated carbocycles. The fourth-order valence-electron chi connectivity index (χ4n) is 5.24. The number of unbranched alkanes of at least 4 members (excludes halogenated alkanes) is 18. The van der Waals surface area contributed by atoms with Crippen molar-refractivity contribution < 1.29 is 14.3 Å². The molecule has 2 aromatic carbocycles. The van der Waals surface area contributed by atoms with Crippen LogP contribution >= 0.6 is 0 Å². The molecular formula is C37H58O3. The molecule has 0 amide bonds. The van der Waals surface area contributed by atoms with Crippen molar-refractivity contribution >= 4 is 5.78 Å². The van der Waals surface area contributed by atoms with Gasteiger partial charge in [-0.2, -0.15) is 0 Å². The summed E-state index contributed by atoms with van der Waals surface area (Å²) < 4.78 is 12.5. The fourth-order valence-corrected chi connectivity index (χ4v) is 5.24. The summed E-state index contributed by atoms with van der Waals surface area (Å²) in [6, 6.07) is 15.2. The molecule has 0 saturated heterocycles.